The lowest BCUT2D eigenvalue weighted by atomic mass is 10.0. The van der Waals surface area contributed by atoms with Crippen molar-refractivity contribution in [3.63, 3.8) is 0 Å². The molecule has 2 amide bonds. The Morgan fingerprint density at radius 1 is 1.39 bits per heavy atom. The smallest absolute Gasteiger partial charge is 0.305 e. The number of anilines is 1. The van der Waals surface area contributed by atoms with Crippen molar-refractivity contribution in [2.45, 2.75) is 25.9 Å². The molecule has 8 heteroatoms. The van der Waals surface area contributed by atoms with Crippen LogP contribution < -0.4 is 15.0 Å². The van der Waals surface area contributed by atoms with E-state index in [0.717, 1.165) is 0 Å². The quantitative estimate of drug-likeness (QED) is 0.845. The minimum absolute atomic E-state index is 0.00150. The van der Waals surface area contributed by atoms with Crippen molar-refractivity contribution in [3.05, 3.63) is 23.2 Å². The van der Waals surface area contributed by atoms with Crippen LogP contribution in [0.25, 0.3) is 0 Å². The lowest BCUT2D eigenvalue weighted by molar-refractivity contribution is -0.137. The Hall–Kier alpha value is -2.28. The number of carbonyl (C=O) groups is 3. The molecule has 1 aromatic rings. The topological polar surface area (TPSA) is 95.9 Å². The predicted octanol–water partition coefficient (Wildman–Crippen LogP) is 1.43. The lowest BCUT2D eigenvalue weighted by Gasteiger charge is -2.38. The van der Waals surface area contributed by atoms with Gasteiger partial charge in [0.2, 0.25) is 5.91 Å². The first-order valence-electron chi connectivity index (χ1n) is 7.00. The highest BCUT2D eigenvalue weighted by Gasteiger charge is 2.41. The second-order valence-electron chi connectivity index (χ2n) is 5.61. The van der Waals surface area contributed by atoms with E-state index in [-0.39, 0.29) is 25.4 Å². The minimum atomic E-state index is -1.11. The molecule has 1 aliphatic heterocycles. The fraction of sp³-hybridized carbons (Fsp3) is 0.400. The molecule has 0 spiro atoms. The number of amides is 2. The van der Waals surface area contributed by atoms with Gasteiger partial charge < -0.3 is 15.2 Å². The van der Waals surface area contributed by atoms with E-state index in [1.807, 2.05) is 0 Å². The molecule has 0 fully saturated rings. The van der Waals surface area contributed by atoms with Gasteiger partial charge in [-0.25, -0.2) is 0 Å². The Labute approximate surface area is 138 Å². The Balaban J connectivity index is 2.19. The third kappa shape index (κ3) is 3.92. The number of hydrogen-bond acceptors (Lipinski definition) is 4. The summed E-state index contributed by atoms with van der Waals surface area (Å²) in [5, 5.41) is 11.5. The standard InChI is InChI=1S/C15H17ClN2O5/c1-15(2)14(22)18(8-12(19)17-6-5-13(20)21)10-7-9(16)3-4-11(10)23-15/h3-4,7H,5-6,8H2,1-2H3,(H,17,19)(H,20,21). The van der Waals surface area contributed by atoms with Gasteiger partial charge in [0.1, 0.15) is 12.3 Å². The molecule has 1 aromatic carbocycles. The zero-order valence-corrected chi connectivity index (χ0v) is 13.5. The maximum absolute atomic E-state index is 12.5. The normalized spacial score (nSPS) is 15.6. The first kappa shape index (κ1) is 17.1. The Morgan fingerprint density at radius 2 is 2.09 bits per heavy atom. The van der Waals surface area contributed by atoms with Gasteiger partial charge in [0, 0.05) is 11.6 Å². The van der Waals surface area contributed by atoms with Crippen molar-refractivity contribution in [2.75, 3.05) is 18.0 Å². The molecule has 0 saturated carbocycles. The van der Waals surface area contributed by atoms with E-state index in [1.165, 1.54) is 4.90 Å². The van der Waals surface area contributed by atoms with Gasteiger partial charge in [0.05, 0.1) is 12.1 Å². The summed E-state index contributed by atoms with van der Waals surface area (Å²) in [6.07, 6.45) is -0.184. The zero-order valence-electron chi connectivity index (χ0n) is 12.8. The van der Waals surface area contributed by atoms with Gasteiger partial charge in [-0.15, -0.1) is 0 Å². The molecule has 0 unspecified atom stereocenters. The average Bonchev–Trinajstić information content (AvgIpc) is 2.44. The molecule has 1 heterocycles. The van der Waals surface area contributed by atoms with Crippen LogP contribution >= 0.6 is 11.6 Å². The number of halogens is 1. The molecule has 7 nitrogen and oxygen atoms in total. The van der Waals surface area contributed by atoms with E-state index in [2.05, 4.69) is 5.32 Å². The minimum Gasteiger partial charge on any atom is -0.481 e. The van der Waals surface area contributed by atoms with Crippen LogP contribution in [-0.4, -0.2) is 41.6 Å². The fourth-order valence-corrected chi connectivity index (χ4v) is 2.37. The van der Waals surface area contributed by atoms with Crippen molar-refractivity contribution in [1.29, 1.82) is 0 Å². The number of carbonyl (C=O) groups excluding carboxylic acids is 2. The summed E-state index contributed by atoms with van der Waals surface area (Å²) in [5.74, 6) is -1.38. The van der Waals surface area contributed by atoms with Crippen LogP contribution in [0.1, 0.15) is 20.3 Å². The van der Waals surface area contributed by atoms with Crippen LogP contribution in [-0.2, 0) is 14.4 Å². The molecule has 0 atom stereocenters. The second kappa shape index (κ2) is 6.45. The van der Waals surface area contributed by atoms with Crippen LogP contribution in [0, 0.1) is 0 Å². The van der Waals surface area contributed by atoms with E-state index < -0.39 is 17.5 Å². The van der Waals surface area contributed by atoms with E-state index in [1.54, 1.807) is 32.0 Å². The highest BCUT2D eigenvalue weighted by Crippen LogP contribution is 2.39. The second-order valence-corrected chi connectivity index (χ2v) is 6.05. The first-order chi connectivity index (χ1) is 10.7. The largest absolute Gasteiger partial charge is 0.481 e. The SMILES string of the molecule is CC1(C)Oc2ccc(Cl)cc2N(CC(=O)NCCC(=O)O)C1=O. The fourth-order valence-electron chi connectivity index (χ4n) is 2.21. The van der Waals surface area contributed by atoms with E-state index in [4.69, 9.17) is 21.4 Å². The summed E-state index contributed by atoms with van der Waals surface area (Å²) in [5.41, 5.74) is -0.697. The van der Waals surface area contributed by atoms with Crippen molar-refractivity contribution >= 4 is 35.1 Å². The van der Waals surface area contributed by atoms with Gasteiger partial charge in [0.15, 0.2) is 5.60 Å². The van der Waals surface area contributed by atoms with Crippen LogP contribution in [0.15, 0.2) is 18.2 Å². The van der Waals surface area contributed by atoms with Crippen LogP contribution in [0.5, 0.6) is 5.75 Å². The molecule has 0 aromatic heterocycles. The summed E-state index contributed by atoms with van der Waals surface area (Å²) in [6.45, 7) is 2.99. The summed E-state index contributed by atoms with van der Waals surface area (Å²) >= 11 is 5.96. The number of nitrogens with zero attached hydrogens (tertiary/aromatic N) is 1. The van der Waals surface area contributed by atoms with Gasteiger partial charge in [0.25, 0.3) is 5.91 Å². The van der Waals surface area contributed by atoms with Crippen LogP contribution in [0.2, 0.25) is 5.02 Å². The van der Waals surface area contributed by atoms with Gasteiger partial charge in [-0.3, -0.25) is 19.3 Å². The molecule has 0 bridgehead atoms. The number of aliphatic carboxylic acids is 1. The zero-order chi connectivity index (χ0) is 17.2. The number of ether oxygens (including phenoxy) is 1. The summed E-state index contributed by atoms with van der Waals surface area (Å²) in [4.78, 5) is 36.2. The van der Waals surface area contributed by atoms with Crippen molar-refractivity contribution in [3.8, 4) is 5.75 Å². The molecule has 2 rings (SSSR count). The molecular weight excluding hydrogens is 324 g/mol. The van der Waals surface area contributed by atoms with E-state index in [0.29, 0.717) is 16.5 Å². The van der Waals surface area contributed by atoms with Gasteiger partial charge in [-0.05, 0) is 32.0 Å². The highest BCUT2D eigenvalue weighted by atomic mass is 35.5. The van der Waals surface area contributed by atoms with Crippen molar-refractivity contribution in [2.24, 2.45) is 0 Å². The molecule has 124 valence electrons. The number of fused-ring (bicyclic) bond motifs is 1. The third-order valence-electron chi connectivity index (χ3n) is 3.30. The molecule has 0 aliphatic carbocycles. The van der Waals surface area contributed by atoms with Crippen LogP contribution in [0.4, 0.5) is 5.69 Å². The van der Waals surface area contributed by atoms with Gasteiger partial charge >= 0.3 is 5.97 Å². The highest BCUT2D eigenvalue weighted by molar-refractivity contribution is 6.31. The third-order valence-corrected chi connectivity index (χ3v) is 3.53. The maximum Gasteiger partial charge on any atom is 0.305 e. The van der Waals surface area contributed by atoms with E-state index in [9.17, 15) is 14.4 Å². The predicted molar refractivity (Wildman–Crippen MR) is 83.8 cm³/mol. The van der Waals surface area contributed by atoms with E-state index >= 15 is 0 Å². The summed E-state index contributed by atoms with van der Waals surface area (Å²) in [6, 6.07) is 4.83. The number of benzene rings is 1. The number of nitrogens with one attached hydrogen (secondary N) is 1. The number of rotatable bonds is 5. The molecule has 0 radical (unpaired) electrons. The number of carboxylic acids is 1. The molecule has 2 N–H and O–H groups in total. The van der Waals surface area contributed by atoms with Crippen molar-refractivity contribution in [1.82, 2.24) is 5.32 Å². The first-order valence-corrected chi connectivity index (χ1v) is 7.37. The summed E-state index contributed by atoms with van der Waals surface area (Å²) < 4.78 is 5.65. The number of carboxylic acid groups (broad SMARTS) is 1. The summed E-state index contributed by atoms with van der Waals surface area (Å²) in [7, 11) is 0. The monoisotopic (exact) mass is 340 g/mol. The van der Waals surface area contributed by atoms with Gasteiger partial charge in [-0.1, -0.05) is 11.6 Å². The van der Waals surface area contributed by atoms with Crippen molar-refractivity contribution < 1.29 is 24.2 Å². The average molecular weight is 341 g/mol. The molecule has 23 heavy (non-hydrogen) atoms. The molecule has 1 aliphatic rings. The molecular formula is C15H17ClN2O5. The molecule has 0 saturated heterocycles. The van der Waals surface area contributed by atoms with Crippen LogP contribution in [0.3, 0.4) is 0 Å². The Kier molecular flexibility index (Phi) is 4.79. The maximum atomic E-state index is 12.5. The lowest BCUT2D eigenvalue weighted by Crippen LogP contribution is -2.55. The number of hydrogen-bond donors (Lipinski definition) is 2. The van der Waals surface area contributed by atoms with Gasteiger partial charge in [-0.2, -0.15) is 0 Å². The Bertz CT molecular complexity index is 659. The Morgan fingerprint density at radius 3 is 2.74 bits per heavy atom.